The van der Waals surface area contributed by atoms with Gasteiger partial charge in [-0.1, -0.05) is 60.7 Å². The van der Waals surface area contributed by atoms with Crippen LogP contribution in [0.25, 0.3) is 0 Å². The fraction of sp³-hybridized carbons (Fsp3) is 0.333. The van der Waals surface area contributed by atoms with Gasteiger partial charge in [0.1, 0.15) is 11.4 Å². The molecule has 2 aromatic rings. The summed E-state index contributed by atoms with van der Waals surface area (Å²) in [5.74, 6) is 1.00. The Morgan fingerprint density at radius 2 is 1.54 bits per heavy atom. The maximum absolute atomic E-state index is 10.6. The smallest absolute Gasteiger partial charge is 0.210 e. The van der Waals surface area contributed by atoms with Crippen molar-refractivity contribution in [1.29, 1.82) is 0 Å². The van der Waals surface area contributed by atoms with E-state index < -0.39 is 11.7 Å². The first-order chi connectivity index (χ1) is 11.8. The van der Waals surface area contributed by atoms with E-state index in [2.05, 4.69) is 24.3 Å². The first kappa shape index (κ1) is 14.3. The molecule has 3 atom stereocenters. The van der Waals surface area contributed by atoms with Crippen LogP contribution in [0.15, 0.2) is 72.0 Å². The number of allylic oxidation sites excluding steroid dienone is 1. The number of aliphatic hydroxyl groups is 1. The van der Waals surface area contributed by atoms with Crippen molar-refractivity contribution in [2.45, 2.75) is 37.3 Å². The first-order valence-electron chi connectivity index (χ1n) is 8.67. The normalized spacial score (nSPS) is 30.1. The van der Waals surface area contributed by atoms with Crippen molar-refractivity contribution < 1.29 is 14.6 Å². The van der Waals surface area contributed by atoms with Gasteiger partial charge >= 0.3 is 0 Å². The zero-order valence-electron chi connectivity index (χ0n) is 13.4. The molecule has 0 spiro atoms. The van der Waals surface area contributed by atoms with E-state index in [4.69, 9.17) is 9.47 Å². The average molecular weight is 320 g/mol. The van der Waals surface area contributed by atoms with Crippen molar-refractivity contribution in [1.82, 2.24) is 0 Å². The maximum atomic E-state index is 10.6. The molecule has 0 radical (unpaired) electrons. The van der Waals surface area contributed by atoms with Crippen molar-refractivity contribution >= 4 is 0 Å². The standard InChI is InChI=1S/C21H20O3/c22-16-12-7-13-17-18(16)19-20(23-17)24-21(19,14-8-3-1-4-9-14)15-10-5-2-6-11-15/h1-6,8-11,16,19-20,22H,7,12-13H2. The van der Waals surface area contributed by atoms with Gasteiger partial charge in [0, 0.05) is 12.0 Å². The molecule has 0 amide bonds. The predicted octanol–water partition coefficient (Wildman–Crippen LogP) is 3.73. The molecule has 1 aliphatic carbocycles. The molecule has 1 fully saturated rings. The Morgan fingerprint density at radius 1 is 0.917 bits per heavy atom. The molecular weight excluding hydrogens is 300 g/mol. The summed E-state index contributed by atoms with van der Waals surface area (Å²) in [4.78, 5) is 0. The van der Waals surface area contributed by atoms with Crippen molar-refractivity contribution in [3.8, 4) is 0 Å². The predicted molar refractivity (Wildman–Crippen MR) is 90.0 cm³/mol. The summed E-state index contributed by atoms with van der Waals surface area (Å²) in [5.41, 5.74) is 2.73. The van der Waals surface area contributed by atoms with E-state index in [0.29, 0.717) is 0 Å². The second-order valence-electron chi connectivity index (χ2n) is 6.84. The SMILES string of the molecule is OC1CCCC2=C1C1C(O2)OC1(c1ccccc1)c1ccccc1. The van der Waals surface area contributed by atoms with E-state index in [1.54, 1.807) is 0 Å². The molecule has 0 bridgehead atoms. The van der Waals surface area contributed by atoms with Gasteiger partial charge in [-0.2, -0.15) is 0 Å². The summed E-state index contributed by atoms with van der Waals surface area (Å²) >= 11 is 0. The highest BCUT2D eigenvalue weighted by Gasteiger charge is 2.65. The number of fused-ring (bicyclic) bond motifs is 2. The molecule has 2 heterocycles. The minimum atomic E-state index is -0.567. The zero-order valence-corrected chi connectivity index (χ0v) is 13.4. The molecule has 1 saturated heterocycles. The fourth-order valence-electron chi connectivity index (χ4n) is 4.52. The van der Waals surface area contributed by atoms with Gasteiger partial charge in [0.2, 0.25) is 6.29 Å². The van der Waals surface area contributed by atoms with Gasteiger partial charge < -0.3 is 14.6 Å². The van der Waals surface area contributed by atoms with Crippen LogP contribution >= 0.6 is 0 Å². The second-order valence-corrected chi connectivity index (χ2v) is 6.84. The lowest BCUT2D eigenvalue weighted by molar-refractivity contribution is -0.308. The number of benzene rings is 2. The molecule has 1 N–H and O–H groups in total. The Labute approximate surface area is 141 Å². The Balaban J connectivity index is 1.69. The summed E-state index contributed by atoms with van der Waals surface area (Å²) in [6.45, 7) is 0. The molecular formula is C21H20O3. The van der Waals surface area contributed by atoms with Gasteiger partial charge in [-0.3, -0.25) is 0 Å². The van der Waals surface area contributed by atoms with Crippen molar-refractivity contribution in [3.05, 3.63) is 83.1 Å². The lowest BCUT2D eigenvalue weighted by Crippen LogP contribution is -2.58. The van der Waals surface area contributed by atoms with Crippen LogP contribution in [0.4, 0.5) is 0 Å². The number of aliphatic hydroxyl groups excluding tert-OH is 1. The van der Waals surface area contributed by atoms with Crippen LogP contribution < -0.4 is 0 Å². The Morgan fingerprint density at radius 3 is 2.17 bits per heavy atom. The molecule has 24 heavy (non-hydrogen) atoms. The summed E-state index contributed by atoms with van der Waals surface area (Å²) in [6, 6.07) is 20.6. The number of hydrogen-bond donors (Lipinski definition) is 1. The lowest BCUT2D eigenvalue weighted by Gasteiger charge is -2.52. The van der Waals surface area contributed by atoms with Crippen molar-refractivity contribution in [2.75, 3.05) is 0 Å². The van der Waals surface area contributed by atoms with E-state index in [0.717, 1.165) is 41.7 Å². The molecule has 3 aliphatic rings. The summed E-state index contributed by atoms with van der Waals surface area (Å²) in [7, 11) is 0. The van der Waals surface area contributed by atoms with E-state index in [1.807, 2.05) is 36.4 Å². The minimum Gasteiger partial charge on any atom is -0.468 e. The molecule has 5 rings (SSSR count). The third-order valence-electron chi connectivity index (χ3n) is 5.57. The quantitative estimate of drug-likeness (QED) is 0.916. The fourth-order valence-corrected chi connectivity index (χ4v) is 4.52. The van der Waals surface area contributed by atoms with Crippen LogP contribution in [-0.2, 0) is 15.1 Å². The summed E-state index contributed by atoms with van der Waals surface area (Å²) in [5, 5.41) is 10.6. The zero-order chi connectivity index (χ0) is 16.1. The summed E-state index contributed by atoms with van der Waals surface area (Å²) in [6.07, 6.45) is 2.00. The van der Waals surface area contributed by atoms with E-state index in [1.165, 1.54) is 0 Å². The van der Waals surface area contributed by atoms with Crippen molar-refractivity contribution in [3.63, 3.8) is 0 Å². The molecule has 2 aromatic carbocycles. The highest BCUT2D eigenvalue weighted by molar-refractivity contribution is 5.46. The molecule has 122 valence electrons. The van der Waals surface area contributed by atoms with Crippen LogP contribution in [0.3, 0.4) is 0 Å². The monoisotopic (exact) mass is 320 g/mol. The third kappa shape index (κ3) is 1.80. The lowest BCUT2D eigenvalue weighted by atomic mass is 9.66. The molecule has 3 heteroatoms. The van der Waals surface area contributed by atoms with Gasteiger partial charge in [0.25, 0.3) is 0 Å². The summed E-state index contributed by atoms with van der Waals surface area (Å²) < 4.78 is 12.4. The molecule has 3 unspecified atom stereocenters. The third-order valence-corrected chi connectivity index (χ3v) is 5.57. The Hall–Kier alpha value is -2.10. The van der Waals surface area contributed by atoms with Gasteiger partial charge in [-0.05, 0) is 24.0 Å². The van der Waals surface area contributed by atoms with Crippen LogP contribution in [-0.4, -0.2) is 17.5 Å². The number of hydrogen-bond acceptors (Lipinski definition) is 3. The largest absolute Gasteiger partial charge is 0.468 e. The van der Waals surface area contributed by atoms with Gasteiger partial charge in [-0.25, -0.2) is 0 Å². The molecule has 0 saturated carbocycles. The number of rotatable bonds is 2. The average Bonchev–Trinajstić information content (AvgIpc) is 2.92. The minimum absolute atomic E-state index is 0.0487. The molecule has 0 aromatic heterocycles. The second kappa shape index (κ2) is 5.20. The van der Waals surface area contributed by atoms with Crippen LogP contribution in [0.1, 0.15) is 30.4 Å². The Bertz CT molecular complexity index is 742. The molecule has 2 aliphatic heterocycles. The Kier molecular flexibility index (Phi) is 3.09. The van der Waals surface area contributed by atoms with Crippen LogP contribution in [0.5, 0.6) is 0 Å². The van der Waals surface area contributed by atoms with E-state index in [9.17, 15) is 5.11 Å². The maximum Gasteiger partial charge on any atom is 0.210 e. The highest BCUT2D eigenvalue weighted by Crippen LogP contribution is 2.60. The number of ether oxygens (including phenoxy) is 2. The highest BCUT2D eigenvalue weighted by atomic mass is 16.7. The van der Waals surface area contributed by atoms with Crippen LogP contribution in [0, 0.1) is 5.92 Å². The first-order valence-corrected chi connectivity index (χ1v) is 8.67. The van der Waals surface area contributed by atoms with Crippen LogP contribution in [0.2, 0.25) is 0 Å². The molecule has 3 nitrogen and oxygen atoms in total. The van der Waals surface area contributed by atoms with Gasteiger partial charge in [-0.15, -0.1) is 0 Å². The topological polar surface area (TPSA) is 38.7 Å². The van der Waals surface area contributed by atoms with Gasteiger partial charge in [0.15, 0.2) is 0 Å². The van der Waals surface area contributed by atoms with Crippen molar-refractivity contribution in [2.24, 2.45) is 5.92 Å². The van der Waals surface area contributed by atoms with E-state index in [-0.39, 0.29) is 12.2 Å². The van der Waals surface area contributed by atoms with Gasteiger partial charge in [0.05, 0.1) is 12.0 Å². The van der Waals surface area contributed by atoms with E-state index >= 15 is 0 Å².